The van der Waals surface area contributed by atoms with Crippen molar-refractivity contribution in [3.63, 3.8) is 0 Å². The van der Waals surface area contributed by atoms with Crippen LogP contribution in [-0.2, 0) is 25.0 Å². The van der Waals surface area contributed by atoms with Gasteiger partial charge in [0.1, 0.15) is 0 Å². The first-order valence-corrected chi connectivity index (χ1v) is 19.6. The van der Waals surface area contributed by atoms with Gasteiger partial charge in [0.25, 0.3) is 0 Å². The Morgan fingerprint density at radius 2 is 0.824 bits per heavy atom. The topological polar surface area (TPSA) is 78.9 Å². The normalized spacial score (nSPS) is 38.5. The van der Waals surface area contributed by atoms with Crippen molar-refractivity contribution in [3.8, 4) is 0 Å². The molecule has 0 heterocycles. The number of halogens is 6. The standard InChI is InChI=1S/3C7H10Br2O2.Ga/c3*8-5-3-1-2-4-7(5,9)6(10)11;/h3*5H,1-4H2,(H,10,11);/q;;;+3/p-3. The summed E-state index contributed by atoms with van der Waals surface area (Å²) in [7, 11) is 0. The maximum absolute atomic E-state index is 13.3. The number of alkyl halides is 6. The molecule has 3 aliphatic carbocycles. The van der Waals surface area contributed by atoms with E-state index in [0.717, 1.165) is 57.8 Å². The molecule has 0 aromatic rings. The van der Waals surface area contributed by atoms with Crippen LogP contribution in [0.4, 0.5) is 0 Å². The van der Waals surface area contributed by atoms with Crippen molar-refractivity contribution in [2.75, 3.05) is 0 Å². The molecule has 0 amide bonds. The Morgan fingerprint density at radius 3 is 1.06 bits per heavy atom. The molecule has 3 rings (SSSR count). The summed E-state index contributed by atoms with van der Waals surface area (Å²) in [4.78, 5) is 39.4. The average molecular weight is 925 g/mol. The van der Waals surface area contributed by atoms with E-state index in [1.807, 2.05) is 0 Å². The van der Waals surface area contributed by atoms with Crippen LogP contribution in [0.25, 0.3) is 0 Å². The molecule has 192 valence electrons. The molecule has 0 aliphatic heterocycles. The number of carbonyl (C=O) groups is 3. The van der Waals surface area contributed by atoms with E-state index in [9.17, 15) is 14.4 Å². The van der Waals surface area contributed by atoms with Gasteiger partial charge in [-0.05, 0) is 0 Å². The third kappa shape index (κ3) is 6.73. The molecule has 6 nitrogen and oxygen atoms in total. The van der Waals surface area contributed by atoms with Crippen LogP contribution in [0.2, 0.25) is 0 Å². The fourth-order valence-corrected chi connectivity index (χ4v) is 12.4. The first-order valence-electron chi connectivity index (χ1n) is 11.6. The molecular formula is C21H27Br6GaO6. The van der Waals surface area contributed by atoms with E-state index >= 15 is 0 Å². The van der Waals surface area contributed by atoms with Crippen LogP contribution >= 0.6 is 95.6 Å². The Hall–Kier alpha value is 1.93. The number of hydrogen-bond acceptors (Lipinski definition) is 6. The predicted molar refractivity (Wildman–Crippen MR) is 153 cm³/mol. The van der Waals surface area contributed by atoms with Crippen LogP contribution in [0.15, 0.2) is 0 Å². The van der Waals surface area contributed by atoms with E-state index in [1.54, 1.807) is 0 Å². The summed E-state index contributed by atoms with van der Waals surface area (Å²) in [5, 5.41) is 0. The van der Waals surface area contributed by atoms with Crippen molar-refractivity contribution in [2.45, 2.75) is 105 Å². The maximum atomic E-state index is 13.3. The molecule has 0 saturated heterocycles. The predicted octanol–water partition coefficient (Wildman–Crippen LogP) is 7.01. The van der Waals surface area contributed by atoms with Crippen LogP contribution < -0.4 is 0 Å². The van der Waals surface area contributed by atoms with Gasteiger partial charge in [0.05, 0.1) is 0 Å². The second-order valence-electron chi connectivity index (χ2n) is 9.23. The molecule has 0 bridgehead atoms. The molecule has 34 heavy (non-hydrogen) atoms. The summed E-state index contributed by atoms with van der Waals surface area (Å²) in [6, 6.07) is 0. The van der Waals surface area contributed by atoms with Gasteiger partial charge < -0.3 is 0 Å². The van der Waals surface area contributed by atoms with Crippen LogP contribution in [-0.4, -0.2) is 62.7 Å². The molecular weight excluding hydrogens is 897 g/mol. The fraction of sp³-hybridized carbons (Fsp3) is 0.857. The van der Waals surface area contributed by atoms with Crippen LogP contribution in [0, 0.1) is 0 Å². The van der Waals surface area contributed by atoms with E-state index in [0.29, 0.717) is 19.3 Å². The summed E-state index contributed by atoms with van der Waals surface area (Å²) in [6.45, 7) is 0. The van der Waals surface area contributed by atoms with E-state index in [-0.39, 0.29) is 14.5 Å². The van der Waals surface area contributed by atoms with Gasteiger partial charge in [-0.3, -0.25) is 0 Å². The van der Waals surface area contributed by atoms with Crippen molar-refractivity contribution in [1.29, 1.82) is 0 Å². The van der Waals surface area contributed by atoms with E-state index in [1.165, 1.54) is 0 Å². The minimum absolute atomic E-state index is 0.128. The molecule has 0 spiro atoms. The van der Waals surface area contributed by atoms with E-state index < -0.39 is 48.2 Å². The summed E-state index contributed by atoms with van der Waals surface area (Å²) in [5.41, 5.74) is 0. The molecule has 13 heteroatoms. The zero-order valence-electron chi connectivity index (χ0n) is 18.5. The summed E-state index contributed by atoms with van der Waals surface area (Å²) >= 11 is 17.4. The number of carbonyl (C=O) groups excluding carboxylic acids is 3. The molecule has 3 fully saturated rings. The molecule has 0 aromatic carbocycles. The monoisotopic (exact) mass is 918 g/mol. The van der Waals surface area contributed by atoms with Gasteiger partial charge >= 0.3 is 260 Å². The summed E-state index contributed by atoms with van der Waals surface area (Å²) in [5.74, 6) is -1.65. The molecule has 3 aliphatic rings. The van der Waals surface area contributed by atoms with Gasteiger partial charge in [0, 0.05) is 0 Å². The van der Waals surface area contributed by atoms with Crippen LogP contribution in [0.1, 0.15) is 77.0 Å². The third-order valence-corrected chi connectivity index (χ3v) is 18.8. The number of rotatable bonds is 6. The van der Waals surface area contributed by atoms with Crippen LogP contribution in [0.3, 0.4) is 0 Å². The Kier molecular flexibility index (Phi) is 11.5. The van der Waals surface area contributed by atoms with Gasteiger partial charge in [0.15, 0.2) is 0 Å². The zero-order valence-corrected chi connectivity index (χ0v) is 30.5. The number of hydrogen-bond donors (Lipinski definition) is 0. The van der Waals surface area contributed by atoms with Gasteiger partial charge in [-0.2, -0.15) is 0 Å². The quantitative estimate of drug-likeness (QED) is 0.211. The van der Waals surface area contributed by atoms with Crippen molar-refractivity contribution >= 4 is 131 Å². The van der Waals surface area contributed by atoms with Crippen molar-refractivity contribution in [1.82, 2.24) is 0 Å². The summed E-state index contributed by atoms with van der Waals surface area (Å²) < 4.78 is 14.4. The van der Waals surface area contributed by atoms with Crippen molar-refractivity contribution in [2.24, 2.45) is 0 Å². The fourth-order valence-electron chi connectivity index (χ4n) is 4.59. The van der Waals surface area contributed by atoms with Crippen molar-refractivity contribution < 1.29 is 25.0 Å². The Bertz CT molecular complexity index is 691. The molecule has 0 radical (unpaired) electrons. The molecule has 3 saturated carbocycles. The van der Waals surface area contributed by atoms with E-state index in [4.69, 9.17) is 10.6 Å². The van der Waals surface area contributed by atoms with Gasteiger partial charge in [-0.1, -0.05) is 0 Å². The summed E-state index contributed by atoms with van der Waals surface area (Å²) in [6.07, 6.45) is 9.77. The molecule has 6 atom stereocenters. The van der Waals surface area contributed by atoms with E-state index in [2.05, 4.69) is 95.6 Å². The average Bonchev–Trinajstić information content (AvgIpc) is 2.79. The minimum atomic E-state index is -4.14. The van der Waals surface area contributed by atoms with Gasteiger partial charge in [-0.25, -0.2) is 0 Å². The molecule has 6 unspecified atom stereocenters. The first-order chi connectivity index (χ1) is 15.9. The second-order valence-corrected chi connectivity index (χ2v) is 19.5. The zero-order chi connectivity index (χ0) is 25.1. The molecule has 0 N–H and O–H groups in total. The first kappa shape index (κ1) is 30.5. The second kappa shape index (κ2) is 12.9. The van der Waals surface area contributed by atoms with Gasteiger partial charge in [0.2, 0.25) is 0 Å². The Morgan fingerprint density at radius 1 is 0.559 bits per heavy atom. The third-order valence-electron chi connectivity index (χ3n) is 6.86. The Labute approximate surface area is 257 Å². The van der Waals surface area contributed by atoms with Gasteiger partial charge in [-0.15, -0.1) is 0 Å². The SMILES string of the molecule is O=C([O][Ga]([O]C(=O)C1(Br)CCCCC1Br)[O]C(=O)C1(Br)CCCCC1Br)C1(Br)CCCCC1Br. The van der Waals surface area contributed by atoms with Crippen molar-refractivity contribution in [3.05, 3.63) is 0 Å². The molecule has 0 aromatic heterocycles. The van der Waals surface area contributed by atoms with Crippen LogP contribution in [0.5, 0.6) is 0 Å². The Balaban J connectivity index is 1.80.